The van der Waals surface area contributed by atoms with Crippen LogP contribution in [0.5, 0.6) is 5.88 Å². The van der Waals surface area contributed by atoms with Gasteiger partial charge in [-0.05, 0) is 49.9 Å². The molecule has 1 aliphatic carbocycles. The quantitative estimate of drug-likeness (QED) is 0.476. The van der Waals surface area contributed by atoms with Crippen molar-refractivity contribution >= 4 is 28.0 Å². The van der Waals surface area contributed by atoms with E-state index >= 15 is 0 Å². The van der Waals surface area contributed by atoms with Crippen LogP contribution in [0.2, 0.25) is 0 Å². The molecule has 0 saturated heterocycles. The van der Waals surface area contributed by atoms with Crippen LogP contribution in [0.15, 0.2) is 47.5 Å². The molecule has 194 valence electrons. The third-order valence-electron chi connectivity index (χ3n) is 5.93. The molecule has 0 spiro atoms. The highest BCUT2D eigenvalue weighted by Gasteiger charge is 2.22. The number of ether oxygens (including phenoxy) is 2. The van der Waals surface area contributed by atoms with Gasteiger partial charge >= 0.3 is 6.16 Å². The lowest BCUT2D eigenvalue weighted by Crippen LogP contribution is -2.36. The molecule has 3 rings (SSSR count). The summed E-state index contributed by atoms with van der Waals surface area (Å²) >= 11 is 0. The van der Waals surface area contributed by atoms with Gasteiger partial charge in [-0.3, -0.25) is 9.59 Å². The number of hydrogen-bond donors (Lipinski definition) is 2. The average Bonchev–Trinajstić information content (AvgIpc) is 2.88. The molecule has 0 radical (unpaired) electrons. The number of hydrogen-bond acceptors (Lipinski definition) is 8. The van der Waals surface area contributed by atoms with Crippen molar-refractivity contribution < 1.29 is 32.3 Å². The van der Waals surface area contributed by atoms with E-state index in [-0.39, 0.29) is 40.0 Å². The SMILES string of the molecule is CCC(CC)OC(=O)Oc1ccc(C(=O)NS(=O)(=O)c2cccc(C(=O)NC3CCCCC3)c2)cn1. The Balaban J connectivity index is 1.62. The molecule has 1 aliphatic rings. The zero-order chi connectivity index (χ0) is 26.1. The highest BCUT2D eigenvalue weighted by atomic mass is 32.2. The Morgan fingerprint density at radius 2 is 1.72 bits per heavy atom. The minimum Gasteiger partial charge on any atom is -0.431 e. The average molecular weight is 518 g/mol. The van der Waals surface area contributed by atoms with Crippen molar-refractivity contribution in [2.75, 3.05) is 0 Å². The number of rotatable bonds is 9. The van der Waals surface area contributed by atoms with Crippen LogP contribution in [0.25, 0.3) is 0 Å². The van der Waals surface area contributed by atoms with Gasteiger partial charge in [0.25, 0.3) is 21.8 Å². The molecule has 1 fully saturated rings. The largest absolute Gasteiger partial charge is 0.515 e. The molecule has 0 atom stereocenters. The number of carbonyl (C=O) groups excluding carboxylic acids is 3. The molecule has 2 aromatic rings. The fourth-order valence-corrected chi connectivity index (χ4v) is 4.86. The van der Waals surface area contributed by atoms with E-state index < -0.39 is 22.1 Å². The van der Waals surface area contributed by atoms with Gasteiger partial charge in [0.05, 0.1) is 10.5 Å². The molecular weight excluding hydrogens is 486 g/mol. The second kappa shape index (κ2) is 12.5. The predicted octanol–water partition coefficient (Wildman–Crippen LogP) is 3.97. The number of sulfonamides is 1. The van der Waals surface area contributed by atoms with Crippen LogP contribution in [-0.2, 0) is 14.8 Å². The van der Waals surface area contributed by atoms with Crippen molar-refractivity contribution in [1.82, 2.24) is 15.0 Å². The summed E-state index contributed by atoms with van der Waals surface area (Å²) in [4.78, 5) is 40.6. The van der Waals surface area contributed by atoms with Gasteiger partial charge in [0.2, 0.25) is 5.88 Å². The van der Waals surface area contributed by atoms with Crippen molar-refractivity contribution in [2.45, 2.75) is 75.8 Å². The fourth-order valence-electron chi connectivity index (χ4n) is 3.84. The first-order valence-corrected chi connectivity index (χ1v) is 13.5. The Hall–Kier alpha value is -3.47. The van der Waals surface area contributed by atoms with Gasteiger partial charge in [0.15, 0.2) is 0 Å². The third-order valence-corrected chi connectivity index (χ3v) is 7.26. The van der Waals surface area contributed by atoms with E-state index in [0.29, 0.717) is 12.8 Å². The maximum Gasteiger partial charge on any atom is 0.515 e. The van der Waals surface area contributed by atoms with Crippen LogP contribution < -0.4 is 14.8 Å². The summed E-state index contributed by atoms with van der Waals surface area (Å²) in [7, 11) is -4.26. The van der Waals surface area contributed by atoms with E-state index in [4.69, 9.17) is 9.47 Å². The zero-order valence-corrected chi connectivity index (χ0v) is 21.2. The number of carbonyl (C=O) groups is 3. The van der Waals surface area contributed by atoms with Crippen molar-refractivity contribution in [3.05, 3.63) is 53.7 Å². The summed E-state index contributed by atoms with van der Waals surface area (Å²) in [6, 6.07) is 8.10. The van der Waals surface area contributed by atoms with Crippen molar-refractivity contribution in [2.24, 2.45) is 0 Å². The molecule has 36 heavy (non-hydrogen) atoms. The molecule has 0 bridgehead atoms. The van der Waals surface area contributed by atoms with Gasteiger partial charge in [0.1, 0.15) is 6.10 Å². The first kappa shape index (κ1) is 27.1. The van der Waals surface area contributed by atoms with E-state index in [0.717, 1.165) is 38.3 Å². The summed E-state index contributed by atoms with van der Waals surface area (Å²) in [6.45, 7) is 3.76. The van der Waals surface area contributed by atoms with Crippen LogP contribution in [0.4, 0.5) is 4.79 Å². The summed E-state index contributed by atoms with van der Waals surface area (Å²) < 4.78 is 37.6. The minimum atomic E-state index is -4.26. The van der Waals surface area contributed by atoms with Crippen LogP contribution in [-0.4, -0.2) is 43.5 Å². The molecule has 11 heteroatoms. The topological polar surface area (TPSA) is 141 Å². The molecule has 1 aromatic carbocycles. The van der Waals surface area contributed by atoms with E-state index in [2.05, 4.69) is 10.3 Å². The predicted molar refractivity (Wildman–Crippen MR) is 131 cm³/mol. The Morgan fingerprint density at radius 1 is 1.00 bits per heavy atom. The third kappa shape index (κ3) is 7.51. The monoisotopic (exact) mass is 517 g/mol. The highest BCUT2D eigenvalue weighted by molar-refractivity contribution is 7.90. The molecule has 2 N–H and O–H groups in total. The lowest BCUT2D eigenvalue weighted by molar-refractivity contribution is 0.0538. The lowest BCUT2D eigenvalue weighted by Gasteiger charge is -2.22. The molecule has 1 aromatic heterocycles. The highest BCUT2D eigenvalue weighted by Crippen LogP contribution is 2.19. The van der Waals surface area contributed by atoms with Gasteiger partial charge in [-0.15, -0.1) is 0 Å². The van der Waals surface area contributed by atoms with Gasteiger partial charge in [-0.1, -0.05) is 39.2 Å². The summed E-state index contributed by atoms with van der Waals surface area (Å²) in [5, 5.41) is 2.94. The normalized spacial score (nSPS) is 14.2. The standard InChI is InChI=1S/C25H31N3O7S/c1-3-20(4-2)34-25(31)35-22-14-13-18(16-26-22)24(30)28-36(32,33)21-12-8-9-17(15-21)23(29)27-19-10-6-5-7-11-19/h8-9,12-16,19-20H,3-7,10-11H2,1-2H3,(H,27,29)(H,28,30). The first-order valence-electron chi connectivity index (χ1n) is 12.0. The van der Waals surface area contributed by atoms with Crippen LogP contribution in [0, 0.1) is 0 Å². The number of nitrogens with zero attached hydrogens (tertiary/aromatic N) is 1. The van der Waals surface area contributed by atoms with Gasteiger partial charge < -0.3 is 14.8 Å². The Kier molecular flexibility index (Phi) is 9.40. The van der Waals surface area contributed by atoms with Gasteiger partial charge in [-0.2, -0.15) is 0 Å². The Labute approximate surface area is 210 Å². The maximum absolute atomic E-state index is 12.8. The number of nitrogens with one attached hydrogen (secondary N) is 2. The molecule has 1 saturated carbocycles. The van der Waals surface area contributed by atoms with E-state index in [1.165, 1.54) is 36.4 Å². The van der Waals surface area contributed by atoms with E-state index in [1.807, 2.05) is 18.6 Å². The van der Waals surface area contributed by atoms with Crippen molar-refractivity contribution in [3.63, 3.8) is 0 Å². The molecule has 1 heterocycles. The molecule has 0 aliphatic heterocycles. The molecular formula is C25H31N3O7S. The van der Waals surface area contributed by atoms with Crippen LogP contribution in [0.3, 0.4) is 0 Å². The Morgan fingerprint density at radius 3 is 2.36 bits per heavy atom. The Bertz CT molecular complexity index is 1170. The van der Waals surface area contributed by atoms with Crippen LogP contribution in [0.1, 0.15) is 79.5 Å². The van der Waals surface area contributed by atoms with E-state index in [9.17, 15) is 22.8 Å². The molecule has 0 unspecified atom stereocenters. The van der Waals surface area contributed by atoms with Crippen molar-refractivity contribution in [3.8, 4) is 5.88 Å². The minimum absolute atomic E-state index is 0.0644. The number of benzene rings is 1. The first-order chi connectivity index (χ1) is 17.2. The summed E-state index contributed by atoms with van der Waals surface area (Å²) in [5.41, 5.74) is 0.129. The van der Waals surface area contributed by atoms with Gasteiger partial charge in [0, 0.05) is 23.9 Å². The van der Waals surface area contributed by atoms with E-state index in [1.54, 1.807) is 0 Å². The molecule has 10 nitrogen and oxygen atoms in total. The number of aromatic nitrogens is 1. The number of pyridine rings is 1. The van der Waals surface area contributed by atoms with Gasteiger partial charge in [-0.25, -0.2) is 22.9 Å². The fraction of sp³-hybridized carbons (Fsp3) is 0.440. The van der Waals surface area contributed by atoms with Crippen LogP contribution >= 0.6 is 0 Å². The maximum atomic E-state index is 12.8. The molecule has 2 amide bonds. The zero-order valence-electron chi connectivity index (χ0n) is 20.4. The van der Waals surface area contributed by atoms with Crippen molar-refractivity contribution in [1.29, 1.82) is 0 Å². The second-order valence-electron chi connectivity index (χ2n) is 8.56. The number of amides is 2. The summed E-state index contributed by atoms with van der Waals surface area (Å²) in [5.74, 6) is -1.37. The smallest absolute Gasteiger partial charge is 0.431 e. The summed E-state index contributed by atoms with van der Waals surface area (Å²) in [6.07, 6.45) is 6.22. The second-order valence-corrected chi connectivity index (χ2v) is 10.2. The lowest BCUT2D eigenvalue weighted by atomic mass is 9.95.